The zero-order chi connectivity index (χ0) is 18.4. The van der Waals surface area contributed by atoms with E-state index in [9.17, 15) is 9.59 Å². The van der Waals surface area contributed by atoms with E-state index >= 15 is 0 Å². The average Bonchev–Trinajstić information content (AvgIpc) is 2.83. The third-order valence-corrected chi connectivity index (χ3v) is 4.33. The van der Waals surface area contributed by atoms with Gasteiger partial charge in [-0.15, -0.1) is 0 Å². The Labute approximate surface area is 148 Å². The fraction of sp³-hybridized carbons (Fsp3) is 0.500. The number of benzene rings is 1. The monoisotopic (exact) mass is 342 g/mol. The summed E-state index contributed by atoms with van der Waals surface area (Å²) in [6, 6.07) is 7.34. The van der Waals surface area contributed by atoms with Crippen molar-refractivity contribution in [2.45, 2.75) is 59.2 Å². The number of carbonyl (C=O) groups excluding carboxylic acids is 2. The lowest BCUT2D eigenvalue weighted by Gasteiger charge is -2.26. The van der Waals surface area contributed by atoms with Crippen molar-refractivity contribution in [2.75, 3.05) is 0 Å². The first kappa shape index (κ1) is 17.7. The first-order valence-electron chi connectivity index (χ1n) is 8.82. The molecule has 1 aromatic heterocycles. The molecule has 0 amide bonds. The Morgan fingerprint density at radius 2 is 2.00 bits per heavy atom. The second-order valence-electron chi connectivity index (χ2n) is 8.08. The highest BCUT2D eigenvalue weighted by atomic mass is 16.6. The van der Waals surface area contributed by atoms with Crippen molar-refractivity contribution in [1.82, 2.24) is 9.88 Å². The standard InChI is InChI=1S/C20H26N2O3/c1-12(2)10-14-18(23)17-13-8-6-7-9-15(13)22(16(17)11-21-14)19(24)25-20(3,4)5/h6-9,12,14,21H,10-11H2,1-5H3/t14-/m0/s1. The zero-order valence-electron chi connectivity index (χ0n) is 15.6. The SMILES string of the molecule is CC(C)C[C@@H]1NCc2c(c3ccccc3n2C(=O)OC(C)(C)C)C1=O. The fourth-order valence-corrected chi connectivity index (χ4v) is 3.40. The van der Waals surface area contributed by atoms with Crippen molar-refractivity contribution >= 4 is 22.8 Å². The number of Topliss-reactive ketones (excluding diaryl/α,β-unsaturated/α-hetero) is 1. The Bertz CT molecular complexity index is 827. The number of hydrogen-bond acceptors (Lipinski definition) is 4. The molecule has 0 bridgehead atoms. The summed E-state index contributed by atoms with van der Waals surface area (Å²) in [5.41, 5.74) is 1.48. The van der Waals surface area contributed by atoms with Crippen LogP contribution in [0.2, 0.25) is 0 Å². The molecule has 0 unspecified atom stereocenters. The van der Waals surface area contributed by atoms with E-state index in [-0.39, 0.29) is 11.8 Å². The number of aromatic nitrogens is 1. The van der Waals surface area contributed by atoms with Crippen LogP contribution < -0.4 is 5.32 Å². The number of carbonyl (C=O) groups is 2. The van der Waals surface area contributed by atoms with Gasteiger partial charge in [-0.25, -0.2) is 9.36 Å². The van der Waals surface area contributed by atoms with E-state index in [0.717, 1.165) is 17.3 Å². The Balaban J connectivity index is 2.13. The fourth-order valence-electron chi connectivity index (χ4n) is 3.40. The molecule has 3 rings (SSSR count). The third-order valence-electron chi connectivity index (χ3n) is 4.33. The summed E-state index contributed by atoms with van der Waals surface area (Å²) in [6.07, 6.45) is 0.339. The van der Waals surface area contributed by atoms with Crippen molar-refractivity contribution in [3.05, 3.63) is 35.5 Å². The Morgan fingerprint density at radius 3 is 2.64 bits per heavy atom. The Morgan fingerprint density at radius 1 is 1.32 bits per heavy atom. The van der Waals surface area contributed by atoms with E-state index in [1.165, 1.54) is 0 Å². The smallest absolute Gasteiger partial charge is 0.419 e. The molecule has 2 heterocycles. The van der Waals surface area contributed by atoms with E-state index in [1.54, 1.807) is 4.57 Å². The van der Waals surface area contributed by atoms with Gasteiger partial charge in [-0.3, -0.25) is 4.79 Å². The van der Waals surface area contributed by atoms with Crippen molar-refractivity contribution in [2.24, 2.45) is 5.92 Å². The lowest BCUT2D eigenvalue weighted by molar-refractivity contribution is 0.0538. The molecule has 5 nitrogen and oxygen atoms in total. The van der Waals surface area contributed by atoms with Crippen LogP contribution in [0.25, 0.3) is 10.9 Å². The van der Waals surface area contributed by atoms with Crippen LogP contribution in [0.5, 0.6) is 0 Å². The lowest BCUT2D eigenvalue weighted by atomic mass is 9.91. The van der Waals surface area contributed by atoms with Crippen molar-refractivity contribution in [3.63, 3.8) is 0 Å². The molecule has 1 N–H and O–H groups in total. The van der Waals surface area contributed by atoms with E-state index in [0.29, 0.717) is 23.7 Å². The van der Waals surface area contributed by atoms with E-state index < -0.39 is 11.7 Å². The molecule has 25 heavy (non-hydrogen) atoms. The van der Waals surface area contributed by atoms with E-state index in [4.69, 9.17) is 4.74 Å². The topological polar surface area (TPSA) is 60.3 Å². The van der Waals surface area contributed by atoms with Crippen LogP contribution in [-0.2, 0) is 11.3 Å². The summed E-state index contributed by atoms with van der Waals surface area (Å²) >= 11 is 0. The number of hydrogen-bond donors (Lipinski definition) is 1. The maximum Gasteiger partial charge on any atom is 0.419 e. The third kappa shape index (κ3) is 3.33. The number of nitrogens with one attached hydrogen (secondary N) is 1. The highest BCUT2D eigenvalue weighted by molar-refractivity contribution is 6.14. The van der Waals surface area contributed by atoms with Crippen LogP contribution in [0.1, 0.15) is 57.1 Å². The number of ether oxygens (including phenoxy) is 1. The summed E-state index contributed by atoms with van der Waals surface area (Å²) in [7, 11) is 0. The van der Waals surface area contributed by atoms with Gasteiger partial charge in [-0.1, -0.05) is 32.0 Å². The van der Waals surface area contributed by atoms with E-state index in [1.807, 2.05) is 45.0 Å². The van der Waals surface area contributed by atoms with Gasteiger partial charge in [0.25, 0.3) is 0 Å². The molecule has 1 aromatic carbocycles. The molecule has 134 valence electrons. The van der Waals surface area contributed by atoms with E-state index in [2.05, 4.69) is 19.2 Å². The van der Waals surface area contributed by atoms with Gasteiger partial charge in [0, 0.05) is 17.5 Å². The predicted octanol–water partition coefficient (Wildman–Crippen LogP) is 4.13. The molecule has 1 aliphatic rings. The van der Waals surface area contributed by atoms with Gasteiger partial charge in [0.15, 0.2) is 5.78 Å². The van der Waals surface area contributed by atoms with Crippen LogP contribution >= 0.6 is 0 Å². The molecule has 0 aliphatic carbocycles. The minimum absolute atomic E-state index is 0.0634. The van der Waals surface area contributed by atoms with Crippen LogP contribution in [0.4, 0.5) is 4.79 Å². The highest BCUT2D eigenvalue weighted by Crippen LogP contribution is 2.31. The van der Waals surface area contributed by atoms with Crippen molar-refractivity contribution in [3.8, 4) is 0 Å². The van der Waals surface area contributed by atoms with Crippen molar-refractivity contribution < 1.29 is 14.3 Å². The lowest BCUT2D eigenvalue weighted by Crippen LogP contribution is -2.43. The number of rotatable bonds is 2. The molecule has 0 radical (unpaired) electrons. The van der Waals surface area contributed by atoms with Gasteiger partial charge in [0.1, 0.15) is 5.60 Å². The average molecular weight is 342 g/mol. The van der Waals surface area contributed by atoms with Crippen molar-refractivity contribution in [1.29, 1.82) is 0 Å². The van der Waals surface area contributed by atoms with Gasteiger partial charge in [-0.05, 0) is 39.2 Å². The Hall–Kier alpha value is -2.14. The number of nitrogens with zero attached hydrogens (tertiary/aromatic N) is 1. The second kappa shape index (κ2) is 6.30. The van der Waals surface area contributed by atoms with Crippen LogP contribution in [0, 0.1) is 5.92 Å². The molecule has 0 fully saturated rings. The largest absolute Gasteiger partial charge is 0.443 e. The normalized spacial score (nSPS) is 17.8. The molecule has 5 heteroatoms. The number of para-hydroxylation sites is 1. The van der Waals surface area contributed by atoms with Gasteiger partial charge < -0.3 is 10.1 Å². The zero-order valence-corrected chi connectivity index (χ0v) is 15.6. The summed E-state index contributed by atoms with van der Waals surface area (Å²) in [4.78, 5) is 25.8. The predicted molar refractivity (Wildman–Crippen MR) is 98.0 cm³/mol. The first-order chi connectivity index (χ1) is 11.7. The van der Waals surface area contributed by atoms with Gasteiger partial charge in [0.05, 0.1) is 17.3 Å². The van der Waals surface area contributed by atoms with Gasteiger partial charge >= 0.3 is 6.09 Å². The van der Waals surface area contributed by atoms with Gasteiger partial charge in [-0.2, -0.15) is 0 Å². The molecule has 1 aliphatic heterocycles. The molecular weight excluding hydrogens is 316 g/mol. The number of fused-ring (bicyclic) bond motifs is 3. The minimum Gasteiger partial charge on any atom is -0.443 e. The van der Waals surface area contributed by atoms with Crippen LogP contribution in [-0.4, -0.2) is 28.1 Å². The second-order valence-corrected chi connectivity index (χ2v) is 8.08. The number of ketones is 1. The maximum atomic E-state index is 13.1. The summed E-state index contributed by atoms with van der Waals surface area (Å²) in [5, 5.41) is 4.12. The summed E-state index contributed by atoms with van der Waals surface area (Å²) in [6.45, 7) is 10.2. The molecule has 0 saturated carbocycles. The molecule has 0 spiro atoms. The highest BCUT2D eigenvalue weighted by Gasteiger charge is 2.35. The molecular formula is C20H26N2O3. The molecule has 0 saturated heterocycles. The van der Waals surface area contributed by atoms with Crippen LogP contribution in [0.3, 0.4) is 0 Å². The molecule has 2 aromatic rings. The Kier molecular flexibility index (Phi) is 4.45. The van der Waals surface area contributed by atoms with Gasteiger partial charge in [0.2, 0.25) is 0 Å². The minimum atomic E-state index is -0.596. The summed E-state index contributed by atoms with van der Waals surface area (Å²) < 4.78 is 7.12. The molecule has 1 atom stereocenters. The first-order valence-corrected chi connectivity index (χ1v) is 8.82. The summed E-state index contributed by atoms with van der Waals surface area (Å²) in [5.74, 6) is 0.482. The van der Waals surface area contributed by atoms with Crippen LogP contribution in [0.15, 0.2) is 24.3 Å². The quantitative estimate of drug-likeness (QED) is 0.891. The maximum absolute atomic E-state index is 13.1.